The minimum absolute atomic E-state index is 0.233. The summed E-state index contributed by atoms with van der Waals surface area (Å²) in [6.07, 6.45) is 1.54. The summed E-state index contributed by atoms with van der Waals surface area (Å²) in [4.78, 5) is 20.6. The van der Waals surface area contributed by atoms with Gasteiger partial charge in [0.1, 0.15) is 0 Å². The summed E-state index contributed by atoms with van der Waals surface area (Å²) < 4.78 is 0. The molecule has 26 heavy (non-hydrogen) atoms. The van der Waals surface area contributed by atoms with Crippen molar-refractivity contribution >= 4 is 23.2 Å². The molecule has 2 unspecified atom stereocenters. The van der Waals surface area contributed by atoms with E-state index in [0.29, 0.717) is 12.5 Å². The average molecular weight is 380 g/mol. The lowest BCUT2D eigenvalue weighted by Gasteiger charge is -2.30. The maximum Gasteiger partial charge on any atom is 0.222 e. The molecular formula is C19H33N5OS. The highest BCUT2D eigenvalue weighted by atomic mass is 32.1. The van der Waals surface area contributed by atoms with Gasteiger partial charge in [-0.05, 0) is 41.9 Å². The van der Waals surface area contributed by atoms with E-state index in [9.17, 15) is 4.79 Å². The van der Waals surface area contributed by atoms with Crippen LogP contribution in [0.25, 0.3) is 0 Å². The van der Waals surface area contributed by atoms with Gasteiger partial charge in [0.2, 0.25) is 5.91 Å². The monoisotopic (exact) mass is 379 g/mol. The van der Waals surface area contributed by atoms with Crippen LogP contribution < -0.4 is 10.6 Å². The molecule has 1 fully saturated rings. The fourth-order valence-electron chi connectivity index (χ4n) is 3.50. The Morgan fingerprint density at radius 3 is 2.77 bits per heavy atom. The first-order valence-corrected chi connectivity index (χ1v) is 10.6. The Labute approximate surface area is 161 Å². The standard InChI is InChI=1S/C19H33N5OS/c1-5-18(25)24-10-8-16(13-24)22-19(20-4)21-12-17(23(6-2)7-3)15-9-11-26-14-15/h9,11,14,16-17H,5-8,10,12-13H2,1-4H3,(H2,20,21,22). The molecule has 1 amide bonds. The van der Waals surface area contributed by atoms with Crippen LogP contribution in [-0.2, 0) is 4.79 Å². The second kappa shape index (κ2) is 10.5. The molecule has 1 saturated heterocycles. The van der Waals surface area contributed by atoms with Crippen LogP contribution >= 0.6 is 11.3 Å². The summed E-state index contributed by atoms with van der Waals surface area (Å²) in [5.41, 5.74) is 1.35. The summed E-state index contributed by atoms with van der Waals surface area (Å²) in [5, 5.41) is 11.3. The van der Waals surface area contributed by atoms with E-state index in [4.69, 9.17) is 0 Å². The summed E-state index contributed by atoms with van der Waals surface area (Å²) in [5.74, 6) is 1.05. The van der Waals surface area contributed by atoms with E-state index >= 15 is 0 Å². The van der Waals surface area contributed by atoms with Crippen LogP contribution in [0.1, 0.15) is 45.2 Å². The Balaban J connectivity index is 1.91. The van der Waals surface area contributed by atoms with Gasteiger partial charge in [0, 0.05) is 39.1 Å². The number of amides is 1. The van der Waals surface area contributed by atoms with Crippen LogP contribution in [-0.4, -0.2) is 67.5 Å². The molecule has 6 nitrogen and oxygen atoms in total. The number of likely N-dealkylation sites (tertiary alicyclic amines) is 1. The van der Waals surface area contributed by atoms with Crippen molar-refractivity contribution in [1.82, 2.24) is 20.4 Å². The predicted molar refractivity (Wildman–Crippen MR) is 110 cm³/mol. The molecule has 2 atom stereocenters. The Kier molecular flexibility index (Phi) is 8.38. The molecule has 0 bridgehead atoms. The van der Waals surface area contributed by atoms with Crippen molar-refractivity contribution in [3.8, 4) is 0 Å². The Morgan fingerprint density at radius 1 is 1.42 bits per heavy atom. The van der Waals surface area contributed by atoms with Crippen molar-refractivity contribution in [2.75, 3.05) is 39.8 Å². The molecule has 0 aromatic carbocycles. The lowest BCUT2D eigenvalue weighted by molar-refractivity contribution is -0.129. The first-order chi connectivity index (χ1) is 12.6. The number of hydrogen-bond acceptors (Lipinski definition) is 4. The molecule has 0 saturated carbocycles. The normalized spacial score (nSPS) is 19.0. The van der Waals surface area contributed by atoms with Crippen LogP contribution in [0.5, 0.6) is 0 Å². The molecule has 146 valence electrons. The second-order valence-corrected chi connectivity index (χ2v) is 7.35. The van der Waals surface area contributed by atoms with Gasteiger partial charge in [-0.1, -0.05) is 20.8 Å². The zero-order valence-corrected chi connectivity index (χ0v) is 17.3. The minimum Gasteiger partial charge on any atom is -0.354 e. The summed E-state index contributed by atoms with van der Waals surface area (Å²) in [6, 6.07) is 2.80. The number of hydrogen-bond donors (Lipinski definition) is 2. The smallest absolute Gasteiger partial charge is 0.222 e. The van der Waals surface area contributed by atoms with E-state index in [1.165, 1.54) is 5.56 Å². The minimum atomic E-state index is 0.233. The number of rotatable bonds is 8. The van der Waals surface area contributed by atoms with Crippen molar-refractivity contribution in [3.05, 3.63) is 22.4 Å². The van der Waals surface area contributed by atoms with E-state index in [0.717, 1.165) is 45.1 Å². The van der Waals surface area contributed by atoms with Crippen LogP contribution in [0, 0.1) is 0 Å². The predicted octanol–water partition coefficient (Wildman–Crippen LogP) is 2.31. The van der Waals surface area contributed by atoms with Crippen molar-refractivity contribution in [1.29, 1.82) is 0 Å². The van der Waals surface area contributed by atoms with Gasteiger partial charge in [-0.2, -0.15) is 11.3 Å². The van der Waals surface area contributed by atoms with Gasteiger partial charge in [0.25, 0.3) is 0 Å². The fourth-order valence-corrected chi connectivity index (χ4v) is 4.20. The van der Waals surface area contributed by atoms with E-state index in [2.05, 4.69) is 51.2 Å². The molecule has 7 heteroatoms. The van der Waals surface area contributed by atoms with E-state index in [-0.39, 0.29) is 11.9 Å². The van der Waals surface area contributed by atoms with Crippen LogP contribution in [0.4, 0.5) is 0 Å². The summed E-state index contributed by atoms with van der Waals surface area (Å²) in [7, 11) is 1.80. The van der Waals surface area contributed by atoms with Gasteiger partial charge in [-0.3, -0.25) is 14.7 Å². The van der Waals surface area contributed by atoms with Gasteiger partial charge >= 0.3 is 0 Å². The van der Waals surface area contributed by atoms with Gasteiger partial charge in [0.15, 0.2) is 5.96 Å². The molecule has 1 aliphatic heterocycles. The number of nitrogens with one attached hydrogen (secondary N) is 2. The number of likely N-dealkylation sites (N-methyl/N-ethyl adjacent to an activating group) is 1. The number of aliphatic imine (C=N–C) groups is 1. The fraction of sp³-hybridized carbons (Fsp3) is 0.684. The van der Waals surface area contributed by atoms with Crippen molar-refractivity contribution in [2.24, 2.45) is 4.99 Å². The van der Waals surface area contributed by atoms with Crippen molar-refractivity contribution in [3.63, 3.8) is 0 Å². The van der Waals surface area contributed by atoms with E-state index in [1.807, 2.05) is 11.8 Å². The molecular weight excluding hydrogens is 346 g/mol. The molecule has 0 spiro atoms. The Bertz CT molecular complexity index is 570. The number of carbonyl (C=O) groups is 1. The number of thiophene rings is 1. The maximum absolute atomic E-state index is 11.9. The second-order valence-electron chi connectivity index (χ2n) is 6.57. The highest BCUT2D eigenvalue weighted by Gasteiger charge is 2.26. The molecule has 0 radical (unpaired) electrons. The zero-order chi connectivity index (χ0) is 18.9. The van der Waals surface area contributed by atoms with Crippen molar-refractivity contribution in [2.45, 2.75) is 45.7 Å². The van der Waals surface area contributed by atoms with Gasteiger partial charge < -0.3 is 15.5 Å². The topological polar surface area (TPSA) is 60.0 Å². The quantitative estimate of drug-likeness (QED) is 0.537. The molecule has 1 aromatic rings. The molecule has 1 aliphatic rings. The third-order valence-corrected chi connectivity index (χ3v) is 5.75. The Hall–Kier alpha value is -1.60. The van der Waals surface area contributed by atoms with Gasteiger partial charge in [0.05, 0.1) is 6.04 Å². The molecule has 2 N–H and O–H groups in total. The molecule has 1 aromatic heterocycles. The Morgan fingerprint density at radius 2 is 2.19 bits per heavy atom. The number of guanidine groups is 1. The highest BCUT2D eigenvalue weighted by Crippen LogP contribution is 2.22. The molecule has 2 heterocycles. The summed E-state index contributed by atoms with van der Waals surface area (Å²) >= 11 is 1.74. The number of carbonyl (C=O) groups excluding carboxylic acids is 1. The average Bonchev–Trinajstić information content (AvgIpc) is 3.35. The highest BCUT2D eigenvalue weighted by molar-refractivity contribution is 7.07. The lowest BCUT2D eigenvalue weighted by atomic mass is 10.1. The van der Waals surface area contributed by atoms with Gasteiger partial charge in [-0.25, -0.2) is 0 Å². The first-order valence-electron chi connectivity index (χ1n) is 9.63. The first kappa shape index (κ1) is 20.7. The van der Waals surface area contributed by atoms with Gasteiger partial charge in [-0.15, -0.1) is 0 Å². The maximum atomic E-state index is 11.9. The molecule has 2 rings (SSSR count). The van der Waals surface area contributed by atoms with Crippen LogP contribution in [0.3, 0.4) is 0 Å². The third-order valence-electron chi connectivity index (χ3n) is 5.05. The SMILES string of the molecule is CCC(=O)N1CCC(NC(=NC)NCC(c2ccsc2)N(CC)CC)C1. The largest absolute Gasteiger partial charge is 0.354 e. The van der Waals surface area contributed by atoms with E-state index < -0.39 is 0 Å². The van der Waals surface area contributed by atoms with Crippen molar-refractivity contribution < 1.29 is 4.79 Å². The number of nitrogens with zero attached hydrogens (tertiary/aromatic N) is 3. The third kappa shape index (κ3) is 5.45. The van der Waals surface area contributed by atoms with E-state index in [1.54, 1.807) is 18.4 Å². The zero-order valence-electron chi connectivity index (χ0n) is 16.5. The van der Waals surface area contributed by atoms with Crippen LogP contribution in [0.15, 0.2) is 21.8 Å². The lowest BCUT2D eigenvalue weighted by Crippen LogP contribution is -2.47. The van der Waals surface area contributed by atoms with Crippen LogP contribution in [0.2, 0.25) is 0 Å². The summed E-state index contributed by atoms with van der Waals surface area (Å²) in [6.45, 7) is 10.8. The molecule has 0 aliphatic carbocycles.